The Morgan fingerprint density at radius 2 is 1.78 bits per heavy atom. The average molecular weight is 247 g/mol. The Morgan fingerprint density at radius 3 is 2.33 bits per heavy atom. The van der Waals surface area contributed by atoms with E-state index in [0.717, 1.165) is 17.6 Å². The lowest BCUT2D eigenvalue weighted by Gasteiger charge is -2.41. The van der Waals surface area contributed by atoms with Crippen molar-refractivity contribution >= 4 is 5.57 Å². The number of nitrogens with one attached hydrogen (secondary N) is 1. The summed E-state index contributed by atoms with van der Waals surface area (Å²) in [6, 6.07) is 4.77. The van der Waals surface area contributed by atoms with E-state index in [9.17, 15) is 10.2 Å². The zero-order valence-corrected chi connectivity index (χ0v) is 11.4. The van der Waals surface area contributed by atoms with Crippen molar-refractivity contribution in [2.45, 2.75) is 45.2 Å². The number of benzene rings is 1. The Hall–Kier alpha value is -1.48. The summed E-state index contributed by atoms with van der Waals surface area (Å²) in [5.74, 6) is 0.221. The molecule has 18 heavy (non-hydrogen) atoms. The molecular formula is C15H21NO2. The predicted molar refractivity (Wildman–Crippen MR) is 73.7 cm³/mol. The Morgan fingerprint density at radius 1 is 1.11 bits per heavy atom. The molecule has 0 spiro atoms. The summed E-state index contributed by atoms with van der Waals surface area (Å²) in [6.07, 6.45) is 2.99. The number of aromatic hydroxyl groups is 2. The highest BCUT2D eigenvalue weighted by Gasteiger charge is 2.33. The largest absolute Gasteiger partial charge is 0.508 e. The lowest BCUT2D eigenvalue weighted by molar-refractivity contribution is 0.297. The van der Waals surface area contributed by atoms with Gasteiger partial charge in [-0.3, -0.25) is 0 Å². The molecule has 0 aliphatic carbocycles. The van der Waals surface area contributed by atoms with Gasteiger partial charge in [-0.15, -0.1) is 0 Å². The lowest BCUT2D eigenvalue weighted by Crippen LogP contribution is -2.53. The average Bonchev–Trinajstić information content (AvgIpc) is 2.11. The number of phenolic OH excluding ortho intramolecular Hbond substituents is 2. The number of hydrogen-bond donors (Lipinski definition) is 3. The van der Waals surface area contributed by atoms with Gasteiger partial charge in [0.15, 0.2) is 0 Å². The van der Waals surface area contributed by atoms with E-state index in [1.165, 1.54) is 6.07 Å². The van der Waals surface area contributed by atoms with E-state index in [1.54, 1.807) is 12.1 Å². The van der Waals surface area contributed by atoms with Gasteiger partial charge in [0.1, 0.15) is 11.5 Å². The van der Waals surface area contributed by atoms with Gasteiger partial charge in [0.2, 0.25) is 0 Å². The normalized spacial score (nSPS) is 21.4. The van der Waals surface area contributed by atoms with Gasteiger partial charge in [-0.25, -0.2) is 0 Å². The van der Waals surface area contributed by atoms with Crippen molar-refractivity contribution in [3.63, 3.8) is 0 Å². The minimum Gasteiger partial charge on any atom is -0.508 e. The van der Waals surface area contributed by atoms with E-state index in [-0.39, 0.29) is 22.6 Å². The second-order valence-electron chi connectivity index (χ2n) is 6.28. The maximum Gasteiger partial charge on any atom is 0.126 e. The standard InChI is InChI=1S/C15H21NO2/c1-14(2)8-10(9-15(3,4)16-14)12-6-5-11(17)7-13(12)18/h5-8,16-18H,9H2,1-4H3. The van der Waals surface area contributed by atoms with Gasteiger partial charge >= 0.3 is 0 Å². The SMILES string of the molecule is CC1(C)C=C(c2ccc(O)cc2O)CC(C)(C)N1. The van der Waals surface area contributed by atoms with E-state index < -0.39 is 0 Å². The smallest absolute Gasteiger partial charge is 0.126 e. The monoisotopic (exact) mass is 247 g/mol. The molecule has 1 heterocycles. The fourth-order valence-electron chi connectivity index (χ4n) is 2.88. The van der Waals surface area contributed by atoms with E-state index >= 15 is 0 Å². The second-order valence-corrected chi connectivity index (χ2v) is 6.28. The van der Waals surface area contributed by atoms with Gasteiger partial charge in [-0.2, -0.15) is 0 Å². The fourth-order valence-corrected chi connectivity index (χ4v) is 2.88. The topological polar surface area (TPSA) is 52.5 Å². The summed E-state index contributed by atoms with van der Waals surface area (Å²) in [7, 11) is 0. The molecule has 0 unspecified atom stereocenters. The van der Waals surface area contributed by atoms with Crippen molar-refractivity contribution in [1.82, 2.24) is 5.32 Å². The molecular weight excluding hydrogens is 226 g/mol. The lowest BCUT2D eigenvalue weighted by atomic mass is 9.81. The van der Waals surface area contributed by atoms with Crippen LogP contribution in [-0.2, 0) is 0 Å². The summed E-state index contributed by atoms with van der Waals surface area (Å²) in [5, 5.41) is 22.9. The quantitative estimate of drug-likeness (QED) is 0.715. The van der Waals surface area contributed by atoms with Gasteiger partial charge in [0.25, 0.3) is 0 Å². The first-order valence-electron chi connectivity index (χ1n) is 6.22. The zero-order chi connectivity index (χ0) is 13.6. The first kappa shape index (κ1) is 13.0. The number of rotatable bonds is 1. The molecule has 0 aromatic heterocycles. The van der Waals surface area contributed by atoms with Crippen molar-refractivity contribution in [3.05, 3.63) is 29.8 Å². The molecule has 3 nitrogen and oxygen atoms in total. The molecule has 0 atom stereocenters. The van der Waals surface area contributed by atoms with E-state index in [2.05, 4.69) is 39.1 Å². The molecule has 0 amide bonds. The number of phenols is 2. The van der Waals surface area contributed by atoms with Crippen LogP contribution in [0.5, 0.6) is 11.5 Å². The van der Waals surface area contributed by atoms with E-state index in [0.29, 0.717) is 0 Å². The molecule has 0 radical (unpaired) electrons. The van der Waals surface area contributed by atoms with Crippen LogP contribution in [0.15, 0.2) is 24.3 Å². The third-order valence-electron chi connectivity index (χ3n) is 3.16. The molecule has 1 aromatic rings. The summed E-state index contributed by atoms with van der Waals surface area (Å²) >= 11 is 0. The van der Waals surface area contributed by atoms with Crippen LogP contribution in [0.1, 0.15) is 39.7 Å². The van der Waals surface area contributed by atoms with Crippen molar-refractivity contribution in [2.24, 2.45) is 0 Å². The highest BCUT2D eigenvalue weighted by molar-refractivity contribution is 5.73. The summed E-state index contributed by atoms with van der Waals surface area (Å²) in [5.41, 5.74) is 1.79. The highest BCUT2D eigenvalue weighted by atomic mass is 16.3. The zero-order valence-electron chi connectivity index (χ0n) is 11.4. The summed E-state index contributed by atoms with van der Waals surface area (Å²) < 4.78 is 0. The molecule has 0 fully saturated rings. The fraction of sp³-hybridized carbons (Fsp3) is 0.467. The number of hydrogen-bond acceptors (Lipinski definition) is 3. The molecule has 0 saturated carbocycles. The Kier molecular flexibility index (Phi) is 2.90. The van der Waals surface area contributed by atoms with Gasteiger partial charge in [0, 0.05) is 22.7 Å². The van der Waals surface area contributed by atoms with Crippen LogP contribution >= 0.6 is 0 Å². The molecule has 3 N–H and O–H groups in total. The molecule has 1 aliphatic heterocycles. The Bertz CT molecular complexity index is 501. The van der Waals surface area contributed by atoms with E-state index in [1.807, 2.05) is 0 Å². The van der Waals surface area contributed by atoms with Crippen molar-refractivity contribution in [3.8, 4) is 11.5 Å². The van der Waals surface area contributed by atoms with Gasteiger partial charge in [0.05, 0.1) is 0 Å². The maximum atomic E-state index is 9.96. The van der Waals surface area contributed by atoms with Crippen molar-refractivity contribution < 1.29 is 10.2 Å². The maximum absolute atomic E-state index is 9.96. The minimum atomic E-state index is -0.110. The molecule has 1 aromatic carbocycles. The highest BCUT2D eigenvalue weighted by Crippen LogP contribution is 2.37. The van der Waals surface area contributed by atoms with Crippen LogP contribution in [0, 0.1) is 0 Å². The molecule has 3 heteroatoms. The Labute approximate surface area is 108 Å². The van der Waals surface area contributed by atoms with Gasteiger partial charge in [-0.1, -0.05) is 6.08 Å². The summed E-state index contributed by atoms with van der Waals surface area (Å²) in [6.45, 7) is 8.54. The third-order valence-corrected chi connectivity index (χ3v) is 3.16. The van der Waals surface area contributed by atoms with Crippen molar-refractivity contribution in [1.29, 1.82) is 0 Å². The first-order chi connectivity index (χ1) is 8.19. The molecule has 0 bridgehead atoms. The molecule has 98 valence electrons. The molecule has 1 aliphatic rings. The van der Waals surface area contributed by atoms with Crippen LogP contribution in [0.4, 0.5) is 0 Å². The van der Waals surface area contributed by atoms with Crippen LogP contribution in [0.2, 0.25) is 0 Å². The molecule has 0 saturated heterocycles. The van der Waals surface area contributed by atoms with Crippen LogP contribution < -0.4 is 5.32 Å². The van der Waals surface area contributed by atoms with Gasteiger partial charge in [-0.05, 0) is 51.8 Å². The predicted octanol–water partition coefficient (Wildman–Crippen LogP) is 3.03. The van der Waals surface area contributed by atoms with Gasteiger partial charge < -0.3 is 15.5 Å². The third kappa shape index (κ3) is 2.67. The summed E-state index contributed by atoms with van der Waals surface area (Å²) in [4.78, 5) is 0. The molecule has 2 rings (SSSR count). The van der Waals surface area contributed by atoms with Crippen molar-refractivity contribution in [2.75, 3.05) is 0 Å². The minimum absolute atomic E-state index is 0.0160. The van der Waals surface area contributed by atoms with Crippen LogP contribution in [-0.4, -0.2) is 21.3 Å². The van der Waals surface area contributed by atoms with Crippen LogP contribution in [0.25, 0.3) is 5.57 Å². The first-order valence-corrected chi connectivity index (χ1v) is 6.22. The van der Waals surface area contributed by atoms with E-state index in [4.69, 9.17) is 0 Å². The van der Waals surface area contributed by atoms with Crippen LogP contribution in [0.3, 0.4) is 0 Å². The Balaban J connectivity index is 2.46. The second kappa shape index (κ2) is 4.02.